The summed E-state index contributed by atoms with van der Waals surface area (Å²) < 4.78 is 1.51. The minimum atomic E-state index is -0.0648. The molecule has 0 radical (unpaired) electrons. The first-order chi connectivity index (χ1) is 7.10. The molecule has 0 atom stereocenters. The summed E-state index contributed by atoms with van der Waals surface area (Å²) in [7, 11) is 1.71. The van der Waals surface area contributed by atoms with E-state index in [1.54, 1.807) is 18.3 Å². The van der Waals surface area contributed by atoms with Crippen molar-refractivity contribution in [3.05, 3.63) is 40.5 Å². The van der Waals surface area contributed by atoms with Crippen molar-refractivity contribution >= 4 is 12.4 Å². The molecular weight excluding hydrogens is 190 g/mol. The Kier molecular flexibility index (Phi) is 3.44. The molecule has 1 aromatic heterocycles. The van der Waals surface area contributed by atoms with Gasteiger partial charge in [0.25, 0.3) is 5.56 Å². The molecule has 0 aliphatic heterocycles. The zero-order valence-corrected chi connectivity index (χ0v) is 9.27. The maximum Gasteiger partial charge on any atom is 0.252 e. The molecule has 0 aliphatic carbocycles. The van der Waals surface area contributed by atoms with Crippen molar-refractivity contribution in [1.82, 2.24) is 4.57 Å². The Morgan fingerprint density at radius 2 is 2.33 bits per heavy atom. The fraction of sp³-hybridized carbons (Fsp3) is 0.273. The van der Waals surface area contributed by atoms with Gasteiger partial charge in [-0.25, -0.2) is 5.01 Å². The highest BCUT2D eigenvalue weighted by Gasteiger charge is 2.06. The number of pyridine rings is 1. The number of aryl methyl sites for hydroxylation is 1. The molecule has 0 spiro atoms. The van der Waals surface area contributed by atoms with Gasteiger partial charge < -0.3 is 4.57 Å². The van der Waals surface area contributed by atoms with E-state index in [9.17, 15) is 4.79 Å². The van der Waals surface area contributed by atoms with Gasteiger partial charge in [-0.3, -0.25) is 4.79 Å². The van der Waals surface area contributed by atoms with Crippen LogP contribution in [0, 0.1) is 0 Å². The standard InChI is InChI=1S/C11H15N3O/c1-5-9(2)14(12-3)10-6-7-13(4)11(15)8-10/h5-8H,3H2,1-2,4H3/b9-5-. The van der Waals surface area contributed by atoms with E-state index in [0.29, 0.717) is 0 Å². The molecule has 0 amide bonds. The number of hydrazone groups is 1. The Morgan fingerprint density at radius 1 is 1.67 bits per heavy atom. The Hall–Kier alpha value is -1.84. The third kappa shape index (κ3) is 2.34. The van der Waals surface area contributed by atoms with E-state index in [2.05, 4.69) is 11.8 Å². The van der Waals surface area contributed by atoms with Gasteiger partial charge in [0.2, 0.25) is 0 Å². The number of rotatable bonds is 3. The van der Waals surface area contributed by atoms with E-state index < -0.39 is 0 Å². The van der Waals surface area contributed by atoms with Crippen LogP contribution < -0.4 is 10.6 Å². The van der Waals surface area contributed by atoms with Gasteiger partial charge in [-0.1, -0.05) is 6.08 Å². The topological polar surface area (TPSA) is 37.6 Å². The van der Waals surface area contributed by atoms with Crippen LogP contribution in [-0.4, -0.2) is 11.3 Å². The molecule has 4 heteroatoms. The smallest absolute Gasteiger partial charge is 0.252 e. The van der Waals surface area contributed by atoms with Crippen LogP contribution in [0.5, 0.6) is 0 Å². The summed E-state index contributed by atoms with van der Waals surface area (Å²) in [6.45, 7) is 7.30. The number of allylic oxidation sites excluding steroid dienone is 2. The first kappa shape index (κ1) is 11.2. The lowest BCUT2D eigenvalue weighted by Gasteiger charge is -2.18. The third-order valence-electron chi connectivity index (χ3n) is 2.23. The molecule has 15 heavy (non-hydrogen) atoms. The lowest BCUT2D eigenvalue weighted by atomic mass is 10.3. The van der Waals surface area contributed by atoms with Gasteiger partial charge in [-0.15, -0.1) is 0 Å². The zero-order valence-electron chi connectivity index (χ0n) is 9.27. The molecule has 0 saturated heterocycles. The number of aromatic nitrogens is 1. The fourth-order valence-electron chi connectivity index (χ4n) is 1.19. The molecule has 0 unspecified atom stereocenters. The van der Waals surface area contributed by atoms with Crippen LogP contribution >= 0.6 is 0 Å². The van der Waals surface area contributed by atoms with Crippen molar-refractivity contribution in [2.45, 2.75) is 13.8 Å². The molecule has 1 aromatic rings. The van der Waals surface area contributed by atoms with Gasteiger partial charge >= 0.3 is 0 Å². The minimum absolute atomic E-state index is 0.0648. The van der Waals surface area contributed by atoms with Crippen molar-refractivity contribution in [1.29, 1.82) is 0 Å². The summed E-state index contributed by atoms with van der Waals surface area (Å²) in [5.41, 5.74) is 1.59. The second-order valence-corrected chi connectivity index (χ2v) is 3.22. The van der Waals surface area contributed by atoms with Crippen molar-refractivity contribution in [2.75, 3.05) is 5.01 Å². The normalized spacial score (nSPS) is 11.3. The molecule has 0 saturated carbocycles. The summed E-state index contributed by atoms with van der Waals surface area (Å²) in [6.07, 6.45) is 3.62. The quantitative estimate of drug-likeness (QED) is 0.556. The minimum Gasteiger partial charge on any atom is -0.318 e. The molecule has 0 fully saturated rings. The average molecular weight is 205 g/mol. The molecule has 0 N–H and O–H groups in total. The Morgan fingerprint density at radius 3 is 2.80 bits per heavy atom. The van der Waals surface area contributed by atoms with Crippen LogP contribution in [0.1, 0.15) is 13.8 Å². The number of nitrogens with zero attached hydrogens (tertiary/aromatic N) is 3. The highest BCUT2D eigenvalue weighted by Crippen LogP contribution is 2.16. The first-order valence-electron chi connectivity index (χ1n) is 4.66. The van der Waals surface area contributed by atoms with Crippen LogP contribution in [0.4, 0.5) is 5.69 Å². The number of hydrogen-bond donors (Lipinski definition) is 0. The molecule has 0 aliphatic rings. The van der Waals surface area contributed by atoms with E-state index in [-0.39, 0.29) is 5.56 Å². The molecule has 4 nitrogen and oxygen atoms in total. The largest absolute Gasteiger partial charge is 0.318 e. The van der Waals surface area contributed by atoms with Crippen LogP contribution in [0.2, 0.25) is 0 Å². The second kappa shape index (κ2) is 4.59. The second-order valence-electron chi connectivity index (χ2n) is 3.22. The van der Waals surface area contributed by atoms with Crippen molar-refractivity contribution in [2.24, 2.45) is 12.1 Å². The molecule has 1 rings (SSSR count). The predicted molar refractivity (Wildman–Crippen MR) is 63.1 cm³/mol. The van der Waals surface area contributed by atoms with Gasteiger partial charge in [0.05, 0.1) is 5.69 Å². The maximum atomic E-state index is 11.4. The Bertz CT molecular complexity index is 445. The summed E-state index contributed by atoms with van der Waals surface area (Å²) in [5, 5.41) is 5.49. The first-order valence-corrected chi connectivity index (χ1v) is 4.66. The predicted octanol–water partition coefficient (Wildman–Crippen LogP) is 1.73. The summed E-state index contributed by atoms with van der Waals surface area (Å²) >= 11 is 0. The highest BCUT2D eigenvalue weighted by molar-refractivity contribution is 5.51. The molecule has 80 valence electrons. The monoisotopic (exact) mass is 205 g/mol. The Balaban J connectivity index is 3.19. The van der Waals surface area contributed by atoms with E-state index in [4.69, 9.17) is 0 Å². The summed E-state index contributed by atoms with van der Waals surface area (Å²) in [6, 6.07) is 3.35. The molecule has 0 aromatic carbocycles. The van der Waals surface area contributed by atoms with Crippen molar-refractivity contribution in [3.8, 4) is 0 Å². The van der Waals surface area contributed by atoms with E-state index in [1.807, 2.05) is 26.0 Å². The van der Waals surface area contributed by atoms with Gasteiger partial charge in [-0.2, -0.15) is 5.10 Å². The fourth-order valence-corrected chi connectivity index (χ4v) is 1.19. The number of anilines is 1. The SMILES string of the molecule is C=NN(/C(C)=C\C)c1ccn(C)c(=O)c1. The lowest BCUT2D eigenvalue weighted by molar-refractivity contribution is 0.853. The third-order valence-corrected chi connectivity index (χ3v) is 2.23. The van der Waals surface area contributed by atoms with E-state index >= 15 is 0 Å². The van der Waals surface area contributed by atoms with E-state index in [1.165, 1.54) is 10.6 Å². The maximum absolute atomic E-state index is 11.4. The van der Waals surface area contributed by atoms with Gasteiger partial charge in [-0.05, 0) is 19.9 Å². The Labute approximate surface area is 89.1 Å². The van der Waals surface area contributed by atoms with Crippen LogP contribution in [0.3, 0.4) is 0 Å². The molecular formula is C11H15N3O. The van der Waals surface area contributed by atoms with Crippen LogP contribution in [0.25, 0.3) is 0 Å². The average Bonchev–Trinajstić information content (AvgIpc) is 2.24. The van der Waals surface area contributed by atoms with Gasteiger partial charge in [0.15, 0.2) is 0 Å². The lowest BCUT2D eigenvalue weighted by Crippen LogP contribution is -2.19. The van der Waals surface area contributed by atoms with Gasteiger partial charge in [0.1, 0.15) is 0 Å². The van der Waals surface area contributed by atoms with Crippen molar-refractivity contribution < 1.29 is 0 Å². The van der Waals surface area contributed by atoms with E-state index in [0.717, 1.165) is 11.4 Å². The van der Waals surface area contributed by atoms with Crippen LogP contribution in [0.15, 0.2) is 40.0 Å². The summed E-state index contributed by atoms with van der Waals surface area (Å²) in [4.78, 5) is 11.4. The van der Waals surface area contributed by atoms with Crippen molar-refractivity contribution in [3.63, 3.8) is 0 Å². The summed E-state index contributed by atoms with van der Waals surface area (Å²) in [5.74, 6) is 0. The molecule has 0 bridgehead atoms. The zero-order chi connectivity index (χ0) is 11.4. The number of hydrogen-bond acceptors (Lipinski definition) is 3. The van der Waals surface area contributed by atoms with Gasteiger partial charge in [0, 0.05) is 31.7 Å². The van der Waals surface area contributed by atoms with Crippen LogP contribution in [-0.2, 0) is 7.05 Å². The highest BCUT2D eigenvalue weighted by atomic mass is 16.1. The molecule has 1 heterocycles.